The molecule has 0 fully saturated rings. The van der Waals surface area contributed by atoms with Crippen molar-refractivity contribution < 1.29 is 9.53 Å². The van der Waals surface area contributed by atoms with Gasteiger partial charge in [0.2, 0.25) is 5.28 Å². The summed E-state index contributed by atoms with van der Waals surface area (Å²) >= 11 is 5.57. The van der Waals surface area contributed by atoms with Crippen LogP contribution >= 0.6 is 11.6 Å². The van der Waals surface area contributed by atoms with Gasteiger partial charge in [-0.1, -0.05) is 0 Å². The Kier molecular flexibility index (Phi) is 3.64. The van der Waals surface area contributed by atoms with Crippen LogP contribution in [0.3, 0.4) is 0 Å². The number of ether oxygens (including phenoxy) is 1. The Morgan fingerprint density at radius 1 is 1.71 bits per heavy atom. The Hall–Kier alpha value is -1.36. The van der Waals surface area contributed by atoms with Crippen LogP contribution in [-0.4, -0.2) is 29.4 Å². The fourth-order valence-corrected chi connectivity index (χ4v) is 0.947. The van der Waals surface area contributed by atoms with Gasteiger partial charge in [0.15, 0.2) is 17.4 Å². The van der Waals surface area contributed by atoms with Crippen LogP contribution in [0.1, 0.15) is 6.92 Å². The topological polar surface area (TPSA) is 64.1 Å². The van der Waals surface area contributed by atoms with Crippen molar-refractivity contribution in [1.82, 2.24) is 9.97 Å². The summed E-state index contributed by atoms with van der Waals surface area (Å²) in [6.07, 6.45) is 1.42. The molecule has 0 amide bonds. The Morgan fingerprint density at radius 3 is 3.00 bits per heavy atom. The van der Waals surface area contributed by atoms with Gasteiger partial charge in [0, 0.05) is 7.05 Å². The van der Waals surface area contributed by atoms with Crippen molar-refractivity contribution >= 4 is 23.2 Å². The number of hydrogen-bond donors (Lipinski definition) is 1. The number of nitrogens with zero attached hydrogens (tertiary/aromatic N) is 2. The van der Waals surface area contributed by atoms with Crippen LogP contribution in [0.15, 0.2) is 6.20 Å². The number of halogens is 1. The quantitative estimate of drug-likeness (QED) is 0.763. The first-order valence-corrected chi connectivity index (χ1v) is 4.34. The first kappa shape index (κ1) is 10.7. The first-order valence-electron chi connectivity index (χ1n) is 3.96. The monoisotopic (exact) mass is 215 g/mol. The lowest BCUT2D eigenvalue weighted by atomic mass is 10.5. The summed E-state index contributed by atoms with van der Waals surface area (Å²) in [5.74, 6) is 0.806. The molecule has 76 valence electrons. The van der Waals surface area contributed by atoms with Crippen molar-refractivity contribution in [2.45, 2.75) is 6.92 Å². The number of aromatic nitrogens is 2. The van der Waals surface area contributed by atoms with Crippen LogP contribution in [0.4, 0.5) is 5.82 Å². The van der Waals surface area contributed by atoms with Crippen molar-refractivity contribution in [1.29, 1.82) is 0 Å². The van der Waals surface area contributed by atoms with Crippen LogP contribution in [0.25, 0.3) is 0 Å². The third-order valence-electron chi connectivity index (χ3n) is 1.39. The molecule has 0 unspecified atom stereocenters. The summed E-state index contributed by atoms with van der Waals surface area (Å²) in [4.78, 5) is 18.3. The van der Waals surface area contributed by atoms with E-state index >= 15 is 0 Å². The Morgan fingerprint density at radius 2 is 2.43 bits per heavy atom. The van der Waals surface area contributed by atoms with Crippen molar-refractivity contribution in [2.24, 2.45) is 0 Å². The maximum absolute atomic E-state index is 10.7. The number of rotatable bonds is 4. The van der Waals surface area contributed by atoms with Gasteiger partial charge in [0.05, 0.1) is 6.20 Å². The average molecular weight is 216 g/mol. The van der Waals surface area contributed by atoms with Gasteiger partial charge in [0.25, 0.3) is 0 Å². The van der Waals surface area contributed by atoms with E-state index in [9.17, 15) is 4.79 Å². The van der Waals surface area contributed by atoms with Crippen LogP contribution in [0.5, 0.6) is 5.75 Å². The molecule has 1 heterocycles. The molecule has 0 aliphatic rings. The third kappa shape index (κ3) is 2.85. The number of carbonyl (C=O) groups is 1. The molecule has 6 heteroatoms. The highest BCUT2D eigenvalue weighted by Crippen LogP contribution is 2.21. The summed E-state index contributed by atoms with van der Waals surface area (Å²) < 4.78 is 5.15. The van der Waals surface area contributed by atoms with Crippen molar-refractivity contribution in [3.05, 3.63) is 11.5 Å². The zero-order chi connectivity index (χ0) is 10.6. The van der Waals surface area contributed by atoms with E-state index < -0.39 is 0 Å². The van der Waals surface area contributed by atoms with Gasteiger partial charge < -0.3 is 10.1 Å². The molecule has 5 nitrogen and oxygen atoms in total. The number of hydrogen-bond acceptors (Lipinski definition) is 5. The van der Waals surface area contributed by atoms with E-state index in [1.165, 1.54) is 13.1 Å². The fraction of sp³-hybridized carbons (Fsp3) is 0.375. The predicted octanol–water partition coefficient (Wildman–Crippen LogP) is 1.14. The van der Waals surface area contributed by atoms with Crippen LogP contribution < -0.4 is 10.1 Å². The smallest absolute Gasteiger partial charge is 0.224 e. The molecule has 1 rings (SSSR count). The molecule has 0 saturated carbocycles. The zero-order valence-corrected chi connectivity index (χ0v) is 8.63. The van der Waals surface area contributed by atoms with Crippen molar-refractivity contribution in [2.75, 3.05) is 19.0 Å². The summed E-state index contributed by atoms with van der Waals surface area (Å²) in [5.41, 5.74) is 0. The maximum Gasteiger partial charge on any atom is 0.224 e. The lowest BCUT2D eigenvalue weighted by Crippen LogP contribution is -2.09. The number of carbonyl (C=O) groups excluding carboxylic acids is 1. The van der Waals surface area contributed by atoms with Gasteiger partial charge >= 0.3 is 0 Å². The largest absolute Gasteiger partial charge is 0.480 e. The molecule has 1 aromatic rings. The fourth-order valence-electron chi connectivity index (χ4n) is 0.813. The molecule has 0 saturated heterocycles. The Bertz CT molecular complexity index is 343. The third-order valence-corrected chi connectivity index (χ3v) is 1.58. The summed E-state index contributed by atoms with van der Waals surface area (Å²) in [6.45, 7) is 1.44. The number of anilines is 1. The van der Waals surface area contributed by atoms with Crippen molar-refractivity contribution in [3.8, 4) is 5.75 Å². The van der Waals surface area contributed by atoms with Crippen LogP contribution in [0, 0.1) is 0 Å². The SMILES string of the molecule is CNc1nc(Cl)ncc1OCC(C)=O. The van der Waals surface area contributed by atoms with Gasteiger partial charge in [0.1, 0.15) is 6.61 Å². The van der Waals surface area contributed by atoms with E-state index in [1.54, 1.807) is 7.05 Å². The summed E-state index contributed by atoms with van der Waals surface area (Å²) in [6, 6.07) is 0. The van der Waals surface area contributed by atoms with E-state index in [0.717, 1.165) is 0 Å². The van der Waals surface area contributed by atoms with Crippen molar-refractivity contribution in [3.63, 3.8) is 0 Å². The van der Waals surface area contributed by atoms with Gasteiger partial charge in [-0.3, -0.25) is 4.79 Å². The second kappa shape index (κ2) is 4.76. The summed E-state index contributed by atoms with van der Waals surface area (Å²) in [5, 5.41) is 2.92. The van der Waals surface area contributed by atoms with Gasteiger partial charge in [-0.15, -0.1) is 0 Å². The number of Topliss-reactive ketones (excluding diaryl/α,β-unsaturated/α-hetero) is 1. The lowest BCUT2D eigenvalue weighted by Gasteiger charge is -2.07. The molecule has 0 atom stereocenters. The standard InChI is InChI=1S/C8H10ClN3O2/c1-5(13)4-14-6-3-11-8(9)12-7(6)10-2/h3H,4H2,1-2H3,(H,10,11,12). The van der Waals surface area contributed by atoms with Gasteiger partial charge in [-0.05, 0) is 18.5 Å². The van der Waals surface area contributed by atoms with E-state index in [0.29, 0.717) is 11.6 Å². The molecule has 0 aliphatic carbocycles. The lowest BCUT2D eigenvalue weighted by molar-refractivity contribution is -0.118. The molecular formula is C8H10ClN3O2. The number of nitrogens with one attached hydrogen (secondary N) is 1. The predicted molar refractivity (Wildman–Crippen MR) is 52.8 cm³/mol. The van der Waals surface area contributed by atoms with E-state index in [-0.39, 0.29) is 17.7 Å². The highest BCUT2D eigenvalue weighted by atomic mass is 35.5. The highest BCUT2D eigenvalue weighted by molar-refractivity contribution is 6.28. The minimum absolute atomic E-state index is 0.000325. The second-order valence-electron chi connectivity index (χ2n) is 2.59. The molecule has 0 radical (unpaired) electrons. The molecule has 0 spiro atoms. The Labute approximate surface area is 86.5 Å². The van der Waals surface area contributed by atoms with E-state index in [2.05, 4.69) is 15.3 Å². The molecule has 0 aliphatic heterocycles. The normalized spacial score (nSPS) is 9.64. The minimum Gasteiger partial charge on any atom is -0.480 e. The van der Waals surface area contributed by atoms with Gasteiger partial charge in [-0.2, -0.15) is 4.98 Å². The maximum atomic E-state index is 10.7. The second-order valence-corrected chi connectivity index (χ2v) is 2.93. The average Bonchev–Trinajstić information content (AvgIpc) is 2.15. The van der Waals surface area contributed by atoms with Crippen LogP contribution in [0.2, 0.25) is 5.28 Å². The van der Waals surface area contributed by atoms with Crippen LogP contribution in [-0.2, 0) is 4.79 Å². The zero-order valence-electron chi connectivity index (χ0n) is 7.87. The summed E-state index contributed by atoms with van der Waals surface area (Å²) in [7, 11) is 1.68. The minimum atomic E-state index is -0.0676. The first-order chi connectivity index (χ1) is 6.63. The molecule has 1 aromatic heterocycles. The van der Waals surface area contributed by atoms with E-state index in [1.807, 2.05) is 0 Å². The van der Waals surface area contributed by atoms with E-state index in [4.69, 9.17) is 16.3 Å². The molecule has 1 N–H and O–H groups in total. The molecule has 0 bridgehead atoms. The molecule has 14 heavy (non-hydrogen) atoms. The molecular weight excluding hydrogens is 206 g/mol. The molecule has 0 aromatic carbocycles. The van der Waals surface area contributed by atoms with Gasteiger partial charge in [-0.25, -0.2) is 4.98 Å². The highest BCUT2D eigenvalue weighted by Gasteiger charge is 2.06. The Balaban J connectivity index is 2.80. The number of ketones is 1.